The summed E-state index contributed by atoms with van der Waals surface area (Å²) in [4.78, 5) is 24.3. The van der Waals surface area contributed by atoms with Gasteiger partial charge in [-0.05, 0) is 43.9 Å². The molecule has 1 aliphatic carbocycles. The van der Waals surface area contributed by atoms with Crippen LogP contribution in [0.1, 0.15) is 35.2 Å². The molecule has 1 aromatic carbocycles. The lowest BCUT2D eigenvalue weighted by Gasteiger charge is -2.10. The Bertz CT molecular complexity index is 584. The van der Waals surface area contributed by atoms with Crippen LogP contribution in [-0.2, 0) is 9.53 Å². The largest absolute Gasteiger partial charge is 0.496 e. The Labute approximate surface area is 118 Å². The van der Waals surface area contributed by atoms with Crippen LogP contribution >= 0.6 is 0 Å². The van der Waals surface area contributed by atoms with Gasteiger partial charge in [0.25, 0.3) is 0 Å². The van der Waals surface area contributed by atoms with Crippen molar-refractivity contribution in [3.05, 3.63) is 40.5 Å². The van der Waals surface area contributed by atoms with Crippen molar-refractivity contribution in [1.29, 1.82) is 0 Å². The molecule has 0 radical (unpaired) electrons. The summed E-state index contributed by atoms with van der Waals surface area (Å²) in [5, 5.41) is 0. The minimum absolute atomic E-state index is 0.139. The van der Waals surface area contributed by atoms with Crippen molar-refractivity contribution in [2.24, 2.45) is 0 Å². The van der Waals surface area contributed by atoms with Crippen LogP contribution in [-0.4, -0.2) is 26.0 Å². The van der Waals surface area contributed by atoms with Gasteiger partial charge in [-0.1, -0.05) is 6.07 Å². The molecule has 0 atom stereocenters. The smallest absolute Gasteiger partial charge is 0.334 e. The van der Waals surface area contributed by atoms with Crippen LogP contribution in [0.4, 0.5) is 0 Å². The third-order valence-corrected chi connectivity index (χ3v) is 3.53. The molecule has 4 nitrogen and oxygen atoms in total. The number of methoxy groups -OCH3 is 2. The fraction of sp³-hybridized carbons (Fsp3) is 0.375. The van der Waals surface area contributed by atoms with Gasteiger partial charge in [0.05, 0.1) is 19.8 Å². The van der Waals surface area contributed by atoms with Gasteiger partial charge in [0, 0.05) is 11.1 Å². The fourth-order valence-electron chi connectivity index (χ4n) is 2.49. The predicted octanol–water partition coefficient (Wildman–Crippen LogP) is 2.84. The summed E-state index contributed by atoms with van der Waals surface area (Å²) in [6.45, 7) is 1.94. The predicted molar refractivity (Wildman–Crippen MR) is 75.0 cm³/mol. The molecular formula is C16H18O4. The van der Waals surface area contributed by atoms with Crippen molar-refractivity contribution in [2.45, 2.75) is 26.2 Å². The Balaban J connectivity index is 2.43. The minimum atomic E-state index is -0.406. The van der Waals surface area contributed by atoms with E-state index in [1.54, 1.807) is 6.07 Å². The average Bonchev–Trinajstić information content (AvgIpc) is 2.94. The molecule has 0 unspecified atom stereocenters. The van der Waals surface area contributed by atoms with Gasteiger partial charge < -0.3 is 9.47 Å². The van der Waals surface area contributed by atoms with Gasteiger partial charge in [-0.25, -0.2) is 4.79 Å². The standard InChI is InChI=1S/C16H18O4/c1-10-7-8-13(14(9-10)19-2)15(17)11-5-4-6-12(11)16(18)20-3/h7-9H,4-6H2,1-3H3. The number of aryl methyl sites for hydroxylation is 1. The van der Waals surface area contributed by atoms with E-state index in [0.29, 0.717) is 35.3 Å². The summed E-state index contributed by atoms with van der Waals surface area (Å²) < 4.78 is 10.0. The third-order valence-electron chi connectivity index (χ3n) is 3.53. The second-order valence-electron chi connectivity index (χ2n) is 4.84. The number of esters is 1. The first-order valence-corrected chi connectivity index (χ1v) is 6.58. The van der Waals surface area contributed by atoms with Crippen LogP contribution in [0.3, 0.4) is 0 Å². The zero-order valence-electron chi connectivity index (χ0n) is 12.0. The number of carbonyl (C=O) groups is 2. The van der Waals surface area contributed by atoms with E-state index in [4.69, 9.17) is 9.47 Å². The second-order valence-corrected chi connectivity index (χ2v) is 4.84. The van der Waals surface area contributed by atoms with Crippen LogP contribution in [0.2, 0.25) is 0 Å². The molecule has 106 valence electrons. The molecule has 1 aliphatic rings. The van der Waals surface area contributed by atoms with Gasteiger partial charge in [-0.2, -0.15) is 0 Å². The molecule has 2 rings (SSSR count). The van der Waals surface area contributed by atoms with Crippen molar-refractivity contribution in [3.63, 3.8) is 0 Å². The lowest BCUT2D eigenvalue weighted by molar-refractivity contribution is -0.136. The maximum absolute atomic E-state index is 12.6. The number of Topliss-reactive ketones (excluding diaryl/α,β-unsaturated/α-hetero) is 1. The van der Waals surface area contributed by atoms with Gasteiger partial charge in [-0.15, -0.1) is 0 Å². The number of hydrogen-bond donors (Lipinski definition) is 0. The van der Waals surface area contributed by atoms with Crippen LogP contribution < -0.4 is 4.74 Å². The van der Waals surface area contributed by atoms with Crippen LogP contribution in [0.15, 0.2) is 29.3 Å². The molecule has 0 heterocycles. The van der Waals surface area contributed by atoms with Crippen molar-refractivity contribution in [2.75, 3.05) is 14.2 Å². The van der Waals surface area contributed by atoms with Crippen molar-refractivity contribution < 1.29 is 19.1 Å². The SMILES string of the molecule is COC(=O)C1=C(C(=O)c2ccc(C)cc2OC)CCC1. The summed E-state index contributed by atoms with van der Waals surface area (Å²) in [6.07, 6.45) is 2.02. The third kappa shape index (κ3) is 2.59. The summed E-state index contributed by atoms with van der Waals surface area (Å²) in [5.74, 6) is -0.00436. The molecule has 1 aromatic rings. The van der Waals surface area contributed by atoms with Crippen LogP contribution in [0.5, 0.6) is 5.75 Å². The highest BCUT2D eigenvalue weighted by atomic mass is 16.5. The number of hydrogen-bond acceptors (Lipinski definition) is 4. The number of benzene rings is 1. The maximum atomic E-state index is 12.6. The van der Waals surface area contributed by atoms with Gasteiger partial charge in [0.1, 0.15) is 5.75 Å². The van der Waals surface area contributed by atoms with Gasteiger partial charge in [0.15, 0.2) is 5.78 Å². The second kappa shape index (κ2) is 5.90. The molecule has 4 heteroatoms. The molecule has 20 heavy (non-hydrogen) atoms. The molecule has 0 N–H and O–H groups in total. The molecule has 0 aromatic heterocycles. The van der Waals surface area contributed by atoms with Crippen molar-refractivity contribution in [3.8, 4) is 5.75 Å². The molecular weight excluding hydrogens is 256 g/mol. The Hall–Kier alpha value is -2.10. The molecule has 0 spiro atoms. The monoisotopic (exact) mass is 274 g/mol. The number of ether oxygens (including phenoxy) is 2. The average molecular weight is 274 g/mol. The summed E-state index contributed by atoms with van der Waals surface area (Å²) in [7, 11) is 2.87. The van der Waals surface area contributed by atoms with E-state index in [-0.39, 0.29) is 5.78 Å². The topological polar surface area (TPSA) is 52.6 Å². The summed E-state index contributed by atoms with van der Waals surface area (Å²) in [5.41, 5.74) is 2.57. The first kappa shape index (κ1) is 14.3. The summed E-state index contributed by atoms with van der Waals surface area (Å²) >= 11 is 0. The lowest BCUT2D eigenvalue weighted by Crippen LogP contribution is -2.11. The van der Waals surface area contributed by atoms with Gasteiger partial charge in [-0.3, -0.25) is 4.79 Å². The molecule has 0 aliphatic heterocycles. The molecule has 0 saturated carbocycles. The first-order valence-electron chi connectivity index (χ1n) is 6.58. The number of allylic oxidation sites excluding steroid dienone is 1. The Morgan fingerprint density at radius 1 is 1.10 bits per heavy atom. The quantitative estimate of drug-likeness (QED) is 0.626. The first-order chi connectivity index (χ1) is 9.58. The van der Waals surface area contributed by atoms with E-state index >= 15 is 0 Å². The van der Waals surface area contributed by atoms with E-state index in [1.807, 2.05) is 19.1 Å². The minimum Gasteiger partial charge on any atom is -0.496 e. The highest BCUT2D eigenvalue weighted by Crippen LogP contribution is 2.32. The van der Waals surface area contributed by atoms with E-state index < -0.39 is 5.97 Å². The maximum Gasteiger partial charge on any atom is 0.334 e. The Kier molecular flexibility index (Phi) is 4.23. The van der Waals surface area contributed by atoms with Gasteiger partial charge in [0.2, 0.25) is 0 Å². The van der Waals surface area contributed by atoms with E-state index in [2.05, 4.69) is 0 Å². The molecule has 0 amide bonds. The number of ketones is 1. The Morgan fingerprint density at radius 2 is 1.80 bits per heavy atom. The highest BCUT2D eigenvalue weighted by Gasteiger charge is 2.28. The fourth-order valence-corrected chi connectivity index (χ4v) is 2.49. The van der Waals surface area contributed by atoms with E-state index in [0.717, 1.165) is 12.0 Å². The van der Waals surface area contributed by atoms with Crippen molar-refractivity contribution >= 4 is 11.8 Å². The molecule has 0 fully saturated rings. The zero-order chi connectivity index (χ0) is 14.7. The molecule has 0 bridgehead atoms. The summed E-state index contributed by atoms with van der Waals surface area (Å²) in [6, 6.07) is 5.43. The normalized spacial score (nSPS) is 14.3. The number of carbonyl (C=O) groups excluding carboxylic acids is 2. The zero-order valence-corrected chi connectivity index (χ0v) is 12.0. The lowest BCUT2D eigenvalue weighted by atomic mass is 9.98. The van der Waals surface area contributed by atoms with Crippen molar-refractivity contribution in [1.82, 2.24) is 0 Å². The number of rotatable bonds is 4. The van der Waals surface area contributed by atoms with E-state index in [9.17, 15) is 9.59 Å². The highest BCUT2D eigenvalue weighted by molar-refractivity contribution is 6.14. The van der Waals surface area contributed by atoms with Crippen LogP contribution in [0.25, 0.3) is 0 Å². The van der Waals surface area contributed by atoms with E-state index in [1.165, 1.54) is 14.2 Å². The van der Waals surface area contributed by atoms with Crippen LogP contribution in [0, 0.1) is 6.92 Å². The molecule has 0 saturated heterocycles. The van der Waals surface area contributed by atoms with Gasteiger partial charge >= 0.3 is 5.97 Å². The Morgan fingerprint density at radius 3 is 2.45 bits per heavy atom.